The quantitative estimate of drug-likeness (QED) is 0.798. The molecular formula is C22H30N4O2. The van der Waals surface area contributed by atoms with Crippen molar-refractivity contribution in [3.8, 4) is 11.6 Å². The summed E-state index contributed by atoms with van der Waals surface area (Å²) in [6.45, 7) is 12.6. The molecule has 0 saturated carbocycles. The monoisotopic (exact) mass is 382 g/mol. The zero-order valence-electron chi connectivity index (χ0n) is 17.5. The van der Waals surface area contributed by atoms with E-state index in [1.54, 1.807) is 0 Å². The number of para-hydroxylation sites is 1. The lowest BCUT2D eigenvalue weighted by Crippen LogP contribution is -2.54. The van der Waals surface area contributed by atoms with E-state index in [0.717, 1.165) is 30.2 Å². The van der Waals surface area contributed by atoms with Crippen molar-refractivity contribution < 1.29 is 9.53 Å². The van der Waals surface area contributed by atoms with Crippen LogP contribution in [0.15, 0.2) is 36.7 Å². The van der Waals surface area contributed by atoms with Crippen LogP contribution in [-0.2, 0) is 4.79 Å². The van der Waals surface area contributed by atoms with Crippen LogP contribution in [0.3, 0.4) is 0 Å². The summed E-state index contributed by atoms with van der Waals surface area (Å²) in [5.41, 5.74) is 1.06. The lowest BCUT2D eigenvalue weighted by molar-refractivity contribution is -0.135. The van der Waals surface area contributed by atoms with Gasteiger partial charge in [-0.3, -0.25) is 4.79 Å². The van der Waals surface area contributed by atoms with Gasteiger partial charge in [-0.25, -0.2) is 9.97 Å². The first-order chi connectivity index (χ1) is 13.2. The number of anilines is 1. The van der Waals surface area contributed by atoms with Crippen molar-refractivity contribution in [2.75, 3.05) is 24.5 Å². The molecule has 1 unspecified atom stereocenters. The number of rotatable bonds is 4. The fourth-order valence-corrected chi connectivity index (χ4v) is 3.43. The number of aromatic nitrogens is 2. The Hall–Kier alpha value is -2.63. The van der Waals surface area contributed by atoms with E-state index in [2.05, 4.69) is 42.6 Å². The van der Waals surface area contributed by atoms with Gasteiger partial charge in [-0.15, -0.1) is 0 Å². The maximum Gasteiger partial charge on any atom is 0.224 e. The number of aryl methyl sites for hydroxylation is 1. The molecule has 1 aliphatic rings. The van der Waals surface area contributed by atoms with Crippen LogP contribution in [0.4, 0.5) is 5.82 Å². The number of ether oxygens (including phenoxy) is 1. The molecule has 1 aliphatic heterocycles. The van der Waals surface area contributed by atoms with Crippen LogP contribution < -0.4 is 9.64 Å². The van der Waals surface area contributed by atoms with Crippen molar-refractivity contribution in [3.05, 3.63) is 42.2 Å². The Morgan fingerprint density at radius 3 is 2.64 bits per heavy atom. The molecule has 28 heavy (non-hydrogen) atoms. The van der Waals surface area contributed by atoms with Gasteiger partial charge in [-0.2, -0.15) is 0 Å². The summed E-state index contributed by atoms with van der Waals surface area (Å²) in [4.78, 5) is 25.5. The zero-order valence-corrected chi connectivity index (χ0v) is 17.5. The molecule has 1 fully saturated rings. The SMILES string of the molecule is Cc1ccccc1Oc1cc(N2CCN(C(=O)CC(C)(C)C)C(C)C2)ncn1. The minimum absolute atomic E-state index is 0.00238. The Bertz CT molecular complexity index is 831. The number of hydrogen-bond donors (Lipinski definition) is 0. The van der Waals surface area contributed by atoms with E-state index >= 15 is 0 Å². The Morgan fingerprint density at radius 2 is 1.96 bits per heavy atom. The van der Waals surface area contributed by atoms with E-state index in [-0.39, 0.29) is 17.4 Å². The number of benzene rings is 1. The van der Waals surface area contributed by atoms with Crippen LogP contribution in [0, 0.1) is 12.3 Å². The summed E-state index contributed by atoms with van der Waals surface area (Å²) in [6, 6.07) is 9.87. The molecule has 150 valence electrons. The van der Waals surface area contributed by atoms with Crippen LogP contribution >= 0.6 is 0 Å². The van der Waals surface area contributed by atoms with Crippen LogP contribution in [0.5, 0.6) is 11.6 Å². The molecule has 1 aromatic carbocycles. The highest BCUT2D eigenvalue weighted by Crippen LogP contribution is 2.27. The molecule has 0 radical (unpaired) electrons. The van der Waals surface area contributed by atoms with Crippen LogP contribution in [0.2, 0.25) is 0 Å². The molecule has 1 aromatic heterocycles. The number of piperazine rings is 1. The Morgan fingerprint density at radius 1 is 1.21 bits per heavy atom. The molecule has 1 saturated heterocycles. The molecule has 6 heteroatoms. The zero-order chi connectivity index (χ0) is 20.3. The summed E-state index contributed by atoms with van der Waals surface area (Å²) < 4.78 is 5.94. The third-order valence-corrected chi connectivity index (χ3v) is 4.89. The van der Waals surface area contributed by atoms with E-state index < -0.39 is 0 Å². The lowest BCUT2D eigenvalue weighted by atomic mass is 9.91. The van der Waals surface area contributed by atoms with Gasteiger partial charge in [-0.05, 0) is 30.9 Å². The van der Waals surface area contributed by atoms with E-state index in [4.69, 9.17) is 4.74 Å². The van der Waals surface area contributed by atoms with E-state index in [1.807, 2.05) is 42.2 Å². The third kappa shape index (κ3) is 5.00. The molecule has 3 rings (SSSR count). The fraction of sp³-hybridized carbons (Fsp3) is 0.500. The van der Waals surface area contributed by atoms with Gasteiger partial charge in [0.15, 0.2) is 0 Å². The maximum atomic E-state index is 12.6. The van der Waals surface area contributed by atoms with Gasteiger partial charge in [0, 0.05) is 38.2 Å². The Kier molecular flexibility index (Phi) is 5.87. The van der Waals surface area contributed by atoms with Gasteiger partial charge in [0.2, 0.25) is 11.8 Å². The van der Waals surface area contributed by atoms with Gasteiger partial charge in [0.1, 0.15) is 17.9 Å². The second-order valence-corrected chi connectivity index (χ2v) is 8.70. The maximum absolute atomic E-state index is 12.6. The van der Waals surface area contributed by atoms with Crippen molar-refractivity contribution in [1.82, 2.24) is 14.9 Å². The molecule has 6 nitrogen and oxygen atoms in total. The Balaban J connectivity index is 1.67. The highest BCUT2D eigenvalue weighted by atomic mass is 16.5. The van der Waals surface area contributed by atoms with Crippen LogP contribution in [0.25, 0.3) is 0 Å². The van der Waals surface area contributed by atoms with Gasteiger partial charge >= 0.3 is 0 Å². The first-order valence-corrected chi connectivity index (χ1v) is 9.83. The molecule has 2 heterocycles. The van der Waals surface area contributed by atoms with Gasteiger partial charge in [0.25, 0.3) is 0 Å². The fourth-order valence-electron chi connectivity index (χ4n) is 3.43. The third-order valence-electron chi connectivity index (χ3n) is 4.89. The number of amides is 1. The lowest BCUT2D eigenvalue weighted by Gasteiger charge is -2.41. The summed E-state index contributed by atoms with van der Waals surface area (Å²) in [7, 11) is 0. The van der Waals surface area contributed by atoms with Gasteiger partial charge in [0.05, 0.1) is 0 Å². The molecule has 1 amide bonds. The average molecular weight is 383 g/mol. The van der Waals surface area contributed by atoms with Gasteiger partial charge < -0.3 is 14.5 Å². The molecule has 1 atom stereocenters. The van der Waals surface area contributed by atoms with E-state index in [9.17, 15) is 4.79 Å². The molecule has 0 aliphatic carbocycles. The minimum atomic E-state index is 0.00238. The van der Waals surface area contributed by atoms with E-state index in [0.29, 0.717) is 18.8 Å². The van der Waals surface area contributed by atoms with Crippen molar-refractivity contribution in [2.24, 2.45) is 5.41 Å². The second kappa shape index (κ2) is 8.17. The molecule has 0 spiro atoms. The molecular weight excluding hydrogens is 352 g/mol. The molecule has 0 bridgehead atoms. The van der Waals surface area contributed by atoms with Crippen molar-refractivity contribution in [2.45, 2.75) is 47.1 Å². The summed E-state index contributed by atoms with van der Waals surface area (Å²) in [6.07, 6.45) is 2.10. The second-order valence-electron chi connectivity index (χ2n) is 8.70. The topological polar surface area (TPSA) is 58.6 Å². The van der Waals surface area contributed by atoms with Gasteiger partial charge in [-0.1, -0.05) is 39.0 Å². The van der Waals surface area contributed by atoms with Crippen molar-refractivity contribution in [1.29, 1.82) is 0 Å². The standard InChI is InChI=1S/C22H30N4O2/c1-16-8-6-7-9-18(16)28-20-12-19(23-15-24-20)25-10-11-26(17(2)14-25)21(27)13-22(3,4)5/h6-9,12,15,17H,10-11,13-14H2,1-5H3. The van der Waals surface area contributed by atoms with Crippen molar-refractivity contribution >= 4 is 11.7 Å². The first-order valence-electron chi connectivity index (χ1n) is 9.83. The summed E-state index contributed by atoms with van der Waals surface area (Å²) in [5, 5.41) is 0. The summed E-state index contributed by atoms with van der Waals surface area (Å²) >= 11 is 0. The summed E-state index contributed by atoms with van der Waals surface area (Å²) in [5.74, 6) is 2.37. The van der Waals surface area contributed by atoms with Crippen molar-refractivity contribution in [3.63, 3.8) is 0 Å². The highest BCUT2D eigenvalue weighted by Gasteiger charge is 2.30. The van der Waals surface area contributed by atoms with E-state index in [1.165, 1.54) is 6.33 Å². The smallest absolute Gasteiger partial charge is 0.224 e. The number of carbonyl (C=O) groups is 1. The molecule has 2 aromatic rings. The largest absolute Gasteiger partial charge is 0.439 e. The first kappa shape index (κ1) is 20.1. The number of nitrogens with zero attached hydrogens (tertiary/aromatic N) is 4. The minimum Gasteiger partial charge on any atom is -0.439 e. The predicted octanol–water partition coefficient (Wildman–Crippen LogP) is 4.05. The molecule has 0 N–H and O–H groups in total. The Labute approximate surface area is 167 Å². The highest BCUT2D eigenvalue weighted by molar-refractivity contribution is 5.77. The number of hydrogen-bond acceptors (Lipinski definition) is 5. The van der Waals surface area contributed by atoms with Crippen LogP contribution in [0.1, 0.15) is 39.7 Å². The predicted molar refractivity (Wildman–Crippen MR) is 111 cm³/mol. The van der Waals surface area contributed by atoms with Crippen LogP contribution in [-0.4, -0.2) is 46.5 Å². The number of carbonyl (C=O) groups excluding carboxylic acids is 1. The normalized spacial score (nSPS) is 17.5. The average Bonchev–Trinajstić information content (AvgIpc) is 2.62.